The van der Waals surface area contributed by atoms with E-state index in [9.17, 15) is 9.59 Å². The second-order valence-electron chi connectivity index (χ2n) is 4.76. The largest absolute Gasteiger partial charge is 0.442 e. The van der Waals surface area contributed by atoms with Gasteiger partial charge in [-0.25, -0.2) is 4.79 Å². The third-order valence-electron chi connectivity index (χ3n) is 2.01. The number of carbonyl (C=O) groups excluding carboxylic acids is 2. The van der Waals surface area contributed by atoms with Crippen LogP contribution in [0.3, 0.4) is 0 Å². The van der Waals surface area contributed by atoms with Crippen LogP contribution in [0, 0.1) is 0 Å². The van der Waals surface area contributed by atoms with E-state index in [2.05, 4.69) is 10.3 Å². The average molecular weight is 242 g/mol. The number of hydrogen-bond donors (Lipinski definition) is 1. The Labute approximate surface area is 103 Å². The van der Waals surface area contributed by atoms with Gasteiger partial charge in [0, 0.05) is 6.04 Å². The third-order valence-corrected chi connectivity index (χ3v) is 2.01. The van der Waals surface area contributed by atoms with Crippen LogP contribution in [-0.4, -0.2) is 29.9 Å². The fourth-order valence-electron chi connectivity index (χ4n) is 1.13. The highest BCUT2D eigenvalue weighted by atomic mass is 16.6. The molecule has 0 bridgehead atoms. The maximum Gasteiger partial charge on any atom is 0.434 e. The number of aliphatic imine (C=N–C) groups is 1. The molecular formula is C12H22N2O3. The van der Waals surface area contributed by atoms with Gasteiger partial charge in [-0.05, 0) is 33.6 Å². The Morgan fingerprint density at radius 3 is 2.24 bits per heavy atom. The quantitative estimate of drug-likeness (QED) is 0.769. The topological polar surface area (TPSA) is 67.8 Å². The van der Waals surface area contributed by atoms with Gasteiger partial charge >= 0.3 is 6.09 Å². The molecule has 0 fully saturated rings. The number of rotatable bonds is 4. The number of carbonyl (C=O) groups is 2. The van der Waals surface area contributed by atoms with Crippen molar-refractivity contribution in [2.75, 3.05) is 0 Å². The molecule has 0 atom stereocenters. The van der Waals surface area contributed by atoms with Crippen molar-refractivity contribution >= 4 is 18.2 Å². The molecule has 0 aromatic carbocycles. The summed E-state index contributed by atoms with van der Waals surface area (Å²) >= 11 is 0. The lowest BCUT2D eigenvalue weighted by Gasteiger charge is -2.17. The highest BCUT2D eigenvalue weighted by Crippen LogP contribution is 2.07. The maximum absolute atomic E-state index is 11.4. The SMILES string of the molecule is CCC(CC)NC(=O)C=NC(=O)OC(C)(C)C. The predicted octanol–water partition coefficient (Wildman–Crippen LogP) is 2.30. The van der Waals surface area contributed by atoms with Crippen molar-refractivity contribution in [1.29, 1.82) is 0 Å². The first-order chi connectivity index (χ1) is 7.78. The lowest BCUT2D eigenvalue weighted by atomic mass is 10.2. The summed E-state index contributed by atoms with van der Waals surface area (Å²) in [6.07, 6.45) is 1.91. The van der Waals surface area contributed by atoms with E-state index in [1.165, 1.54) is 0 Å². The van der Waals surface area contributed by atoms with Gasteiger partial charge in [0.05, 0.1) is 6.21 Å². The van der Waals surface area contributed by atoms with E-state index in [0.29, 0.717) is 0 Å². The summed E-state index contributed by atoms with van der Waals surface area (Å²) in [4.78, 5) is 26.0. The van der Waals surface area contributed by atoms with Crippen LogP contribution < -0.4 is 5.32 Å². The first-order valence-electron chi connectivity index (χ1n) is 5.86. The van der Waals surface area contributed by atoms with Crippen molar-refractivity contribution < 1.29 is 14.3 Å². The molecule has 0 aliphatic carbocycles. The Bertz CT molecular complexity index is 289. The van der Waals surface area contributed by atoms with Gasteiger partial charge in [0.15, 0.2) is 0 Å². The lowest BCUT2D eigenvalue weighted by molar-refractivity contribution is -0.115. The molecule has 0 aromatic rings. The van der Waals surface area contributed by atoms with Crippen molar-refractivity contribution in [1.82, 2.24) is 5.32 Å². The highest BCUT2D eigenvalue weighted by molar-refractivity contribution is 6.27. The molecule has 5 heteroatoms. The minimum Gasteiger partial charge on any atom is -0.442 e. The molecule has 2 amide bonds. The second-order valence-corrected chi connectivity index (χ2v) is 4.76. The average Bonchev–Trinajstić information content (AvgIpc) is 2.20. The molecule has 0 rings (SSSR count). The van der Waals surface area contributed by atoms with Gasteiger partial charge in [-0.3, -0.25) is 4.79 Å². The molecule has 5 nitrogen and oxygen atoms in total. The zero-order chi connectivity index (χ0) is 13.5. The van der Waals surface area contributed by atoms with Gasteiger partial charge in [0.2, 0.25) is 0 Å². The van der Waals surface area contributed by atoms with Gasteiger partial charge in [-0.15, -0.1) is 0 Å². The van der Waals surface area contributed by atoms with Gasteiger partial charge < -0.3 is 10.1 Å². The predicted molar refractivity (Wildman–Crippen MR) is 67.2 cm³/mol. The highest BCUT2D eigenvalue weighted by Gasteiger charge is 2.15. The van der Waals surface area contributed by atoms with Crippen molar-refractivity contribution in [2.24, 2.45) is 4.99 Å². The summed E-state index contributed by atoms with van der Waals surface area (Å²) in [5.41, 5.74) is -0.597. The van der Waals surface area contributed by atoms with Crippen molar-refractivity contribution in [3.63, 3.8) is 0 Å². The molecule has 0 saturated carbocycles. The molecule has 0 aliphatic heterocycles. The summed E-state index contributed by atoms with van der Waals surface area (Å²) < 4.78 is 4.93. The summed E-state index contributed by atoms with van der Waals surface area (Å²) in [5, 5.41) is 2.74. The number of nitrogens with zero attached hydrogens (tertiary/aromatic N) is 1. The molecule has 0 aliphatic rings. The summed E-state index contributed by atoms with van der Waals surface area (Å²) in [5.74, 6) is -0.371. The Hall–Kier alpha value is -1.39. The fourth-order valence-corrected chi connectivity index (χ4v) is 1.13. The van der Waals surface area contributed by atoms with Gasteiger partial charge in [-0.1, -0.05) is 13.8 Å². The van der Waals surface area contributed by atoms with Crippen molar-refractivity contribution in [2.45, 2.75) is 59.1 Å². The molecule has 0 heterocycles. The van der Waals surface area contributed by atoms with Crippen LogP contribution in [0.5, 0.6) is 0 Å². The van der Waals surface area contributed by atoms with Crippen LogP contribution >= 0.6 is 0 Å². The van der Waals surface area contributed by atoms with E-state index in [4.69, 9.17) is 4.74 Å². The second kappa shape index (κ2) is 7.04. The maximum atomic E-state index is 11.4. The van der Waals surface area contributed by atoms with Gasteiger partial charge in [0.1, 0.15) is 5.60 Å². The van der Waals surface area contributed by atoms with E-state index in [-0.39, 0.29) is 11.9 Å². The van der Waals surface area contributed by atoms with Crippen LogP contribution in [0.1, 0.15) is 47.5 Å². The molecule has 0 saturated heterocycles. The van der Waals surface area contributed by atoms with Crippen molar-refractivity contribution in [3.05, 3.63) is 0 Å². The minimum absolute atomic E-state index is 0.118. The van der Waals surface area contributed by atoms with E-state index >= 15 is 0 Å². The Morgan fingerprint density at radius 1 is 1.29 bits per heavy atom. The normalized spacial score (nSPS) is 11.9. The Kier molecular flexibility index (Phi) is 6.46. The summed E-state index contributed by atoms with van der Waals surface area (Å²) in [6.45, 7) is 9.19. The van der Waals surface area contributed by atoms with Crippen LogP contribution in [-0.2, 0) is 9.53 Å². The van der Waals surface area contributed by atoms with Crippen LogP contribution in [0.4, 0.5) is 4.79 Å². The van der Waals surface area contributed by atoms with Crippen molar-refractivity contribution in [3.8, 4) is 0 Å². The molecular weight excluding hydrogens is 220 g/mol. The first kappa shape index (κ1) is 15.6. The van der Waals surface area contributed by atoms with E-state index < -0.39 is 11.7 Å². The van der Waals surface area contributed by atoms with Crippen LogP contribution in [0.15, 0.2) is 4.99 Å². The zero-order valence-corrected chi connectivity index (χ0v) is 11.2. The fraction of sp³-hybridized carbons (Fsp3) is 0.750. The smallest absolute Gasteiger partial charge is 0.434 e. The number of ether oxygens (including phenoxy) is 1. The van der Waals surface area contributed by atoms with Gasteiger partial charge in [-0.2, -0.15) is 4.99 Å². The molecule has 0 spiro atoms. The molecule has 98 valence electrons. The molecule has 0 unspecified atom stereocenters. The zero-order valence-electron chi connectivity index (χ0n) is 11.2. The standard InChI is InChI=1S/C12H22N2O3/c1-6-9(7-2)14-10(15)8-13-11(16)17-12(3,4)5/h8-9H,6-7H2,1-5H3,(H,14,15). The Balaban J connectivity index is 4.15. The van der Waals surface area contributed by atoms with Gasteiger partial charge in [0.25, 0.3) is 5.91 Å². The molecule has 0 radical (unpaired) electrons. The summed E-state index contributed by atoms with van der Waals surface area (Å²) in [6, 6.07) is 0.118. The monoisotopic (exact) mass is 242 g/mol. The first-order valence-corrected chi connectivity index (χ1v) is 5.86. The number of amides is 2. The lowest BCUT2D eigenvalue weighted by Crippen LogP contribution is -2.34. The van der Waals surface area contributed by atoms with Crippen LogP contribution in [0.25, 0.3) is 0 Å². The Morgan fingerprint density at radius 2 is 1.82 bits per heavy atom. The number of hydrogen-bond acceptors (Lipinski definition) is 3. The minimum atomic E-state index is -0.753. The molecule has 17 heavy (non-hydrogen) atoms. The summed E-state index contributed by atoms with van der Waals surface area (Å²) in [7, 11) is 0. The van der Waals surface area contributed by atoms with Crippen LogP contribution in [0.2, 0.25) is 0 Å². The van der Waals surface area contributed by atoms with E-state index in [1.807, 2.05) is 13.8 Å². The van der Waals surface area contributed by atoms with E-state index in [1.54, 1.807) is 20.8 Å². The molecule has 0 aromatic heterocycles. The van der Waals surface area contributed by atoms with E-state index in [0.717, 1.165) is 19.1 Å². The number of nitrogens with one attached hydrogen (secondary N) is 1. The molecule has 1 N–H and O–H groups in total. The third kappa shape index (κ3) is 8.42.